The highest BCUT2D eigenvalue weighted by atomic mass is 15.3. The summed E-state index contributed by atoms with van der Waals surface area (Å²) in [5.41, 5.74) is 10.3. The molecule has 84 valence electrons. The van der Waals surface area contributed by atoms with Gasteiger partial charge >= 0.3 is 0 Å². The molecule has 0 saturated carbocycles. The fraction of sp³-hybridized carbons (Fsp3) is 0.308. The molecule has 0 bridgehead atoms. The van der Waals surface area contributed by atoms with Crippen molar-refractivity contribution in [2.45, 2.75) is 13.3 Å². The summed E-state index contributed by atoms with van der Waals surface area (Å²) in [6, 6.07) is 10.4. The predicted molar refractivity (Wildman–Crippen MR) is 66.1 cm³/mol. The molecular weight excluding hydrogens is 198 g/mol. The lowest BCUT2D eigenvalue weighted by atomic mass is 10.0. The first-order chi connectivity index (χ1) is 7.74. The van der Waals surface area contributed by atoms with E-state index in [9.17, 15) is 0 Å². The third kappa shape index (κ3) is 1.86. The molecule has 0 atom stereocenters. The third-order valence-corrected chi connectivity index (χ3v) is 2.85. The van der Waals surface area contributed by atoms with Gasteiger partial charge in [-0.1, -0.05) is 30.3 Å². The maximum atomic E-state index is 5.62. The van der Waals surface area contributed by atoms with Crippen LogP contribution < -0.4 is 5.73 Å². The molecule has 0 saturated heterocycles. The lowest BCUT2D eigenvalue weighted by molar-refractivity contribution is 0.718. The van der Waals surface area contributed by atoms with Crippen molar-refractivity contribution in [3.05, 3.63) is 41.7 Å². The SMILES string of the molecule is Cc1c(-c2ccccc2)c(CCN)nn1C. The van der Waals surface area contributed by atoms with Crippen molar-refractivity contribution in [2.75, 3.05) is 6.54 Å². The van der Waals surface area contributed by atoms with Gasteiger partial charge in [0.2, 0.25) is 0 Å². The Kier molecular flexibility index (Phi) is 3.06. The van der Waals surface area contributed by atoms with Gasteiger partial charge in [-0.3, -0.25) is 4.68 Å². The molecule has 0 fully saturated rings. The van der Waals surface area contributed by atoms with Crippen LogP contribution in [0.25, 0.3) is 11.1 Å². The molecule has 3 heteroatoms. The van der Waals surface area contributed by atoms with Crippen LogP contribution >= 0.6 is 0 Å². The fourth-order valence-electron chi connectivity index (χ4n) is 1.97. The summed E-state index contributed by atoms with van der Waals surface area (Å²) in [7, 11) is 1.97. The first kappa shape index (κ1) is 10.9. The van der Waals surface area contributed by atoms with E-state index >= 15 is 0 Å². The van der Waals surface area contributed by atoms with Crippen molar-refractivity contribution in [3.8, 4) is 11.1 Å². The van der Waals surface area contributed by atoms with Gasteiger partial charge in [-0.15, -0.1) is 0 Å². The van der Waals surface area contributed by atoms with Gasteiger partial charge in [0.1, 0.15) is 0 Å². The molecule has 0 aliphatic carbocycles. The zero-order chi connectivity index (χ0) is 11.5. The van der Waals surface area contributed by atoms with Crippen molar-refractivity contribution in [2.24, 2.45) is 12.8 Å². The number of nitrogens with zero attached hydrogens (tertiary/aromatic N) is 2. The summed E-state index contributed by atoms with van der Waals surface area (Å²) in [5.74, 6) is 0. The molecule has 1 aromatic carbocycles. The average molecular weight is 215 g/mol. The molecule has 1 aromatic heterocycles. The molecule has 16 heavy (non-hydrogen) atoms. The molecule has 0 aliphatic rings. The highest BCUT2D eigenvalue weighted by Gasteiger charge is 2.13. The summed E-state index contributed by atoms with van der Waals surface area (Å²) >= 11 is 0. The minimum absolute atomic E-state index is 0.635. The molecule has 2 aromatic rings. The normalized spacial score (nSPS) is 10.7. The van der Waals surface area contributed by atoms with Gasteiger partial charge in [0.15, 0.2) is 0 Å². The van der Waals surface area contributed by atoms with Gasteiger partial charge in [0.05, 0.1) is 5.69 Å². The Hall–Kier alpha value is -1.61. The fourth-order valence-corrected chi connectivity index (χ4v) is 1.97. The molecule has 0 unspecified atom stereocenters. The smallest absolute Gasteiger partial charge is 0.0718 e. The number of aryl methyl sites for hydroxylation is 1. The molecule has 1 heterocycles. The molecule has 2 N–H and O–H groups in total. The Morgan fingerprint density at radius 3 is 2.56 bits per heavy atom. The molecule has 0 aliphatic heterocycles. The average Bonchev–Trinajstić information content (AvgIpc) is 2.57. The van der Waals surface area contributed by atoms with E-state index in [0.717, 1.165) is 12.1 Å². The van der Waals surface area contributed by atoms with Crippen LogP contribution in [0, 0.1) is 6.92 Å². The standard InChI is InChI=1S/C13H17N3/c1-10-13(11-6-4-3-5-7-11)12(8-9-14)15-16(10)2/h3-7H,8-9,14H2,1-2H3. The number of hydrogen-bond acceptors (Lipinski definition) is 2. The summed E-state index contributed by atoms with van der Waals surface area (Å²) < 4.78 is 1.92. The van der Waals surface area contributed by atoms with E-state index in [0.29, 0.717) is 6.54 Å². The maximum absolute atomic E-state index is 5.62. The minimum atomic E-state index is 0.635. The van der Waals surface area contributed by atoms with E-state index in [1.165, 1.54) is 16.8 Å². The first-order valence-electron chi connectivity index (χ1n) is 5.52. The minimum Gasteiger partial charge on any atom is -0.330 e. The van der Waals surface area contributed by atoms with Crippen LogP contribution in [0.2, 0.25) is 0 Å². The van der Waals surface area contributed by atoms with Gasteiger partial charge in [-0.25, -0.2) is 0 Å². The number of benzene rings is 1. The zero-order valence-corrected chi connectivity index (χ0v) is 9.77. The van der Waals surface area contributed by atoms with Crippen molar-refractivity contribution in [1.29, 1.82) is 0 Å². The molecule has 2 rings (SSSR count). The number of aromatic nitrogens is 2. The van der Waals surface area contributed by atoms with E-state index in [4.69, 9.17) is 5.73 Å². The lowest BCUT2D eigenvalue weighted by Crippen LogP contribution is -2.04. The Bertz CT molecular complexity index is 471. The molecule has 0 radical (unpaired) electrons. The molecule has 3 nitrogen and oxygen atoms in total. The van der Waals surface area contributed by atoms with E-state index in [2.05, 4.69) is 24.2 Å². The van der Waals surface area contributed by atoms with E-state index in [-0.39, 0.29) is 0 Å². The summed E-state index contributed by atoms with van der Waals surface area (Å²) in [5, 5.41) is 4.51. The van der Waals surface area contributed by atoms with E-state index in [1.807, 2.05) is 29.9 Å². The van der Waals surface area contributed by atoms with Crippen molar-refractivity contribution >= 4 is 0 Å². The molecule has 0 spiro atoms. The summed E-state index contributed by atoms with van der Waals surface area (Å²) in [4.78, 5) is 0. The number of hydrogen-bond donors (Lipinski definition) is 1. The van der Waals surface area contributed by atoms with Crippen molar-refractivity contribution in [3.63, 3.8) is 0 Å². The van der Waals surface area contributed by atoms with Crippen LogP contribution in [-0.4, -0.2) is 16.3 Å². The highest BCUT2D eigenvalue weighted by molar-refractivity contribution is 5.68. The number of rotatable bonds is 3. The van der Waals surface area contributed by atoms with Gasteiger partial charge in [0.25, 0.3) is 0 Å². The van der Waals surface area contributed by atoms with Crippen LogP contribution in [0.4, 0.5) is 0 Å². The van der Waals surface area contributed by atoms with Gasteiger partial charge in [0, 0.05) is 24.7 Å². The molecular formula is C13H17N3. The summed E-state index contributed by atoms with van der Waals surface area (Å²) in [6.45, 7) is 2.73. The van der Waals surface area contributed by atoms with E-state index in [1.54, 1.807) is 0 Å². The largest absolute Gasteiger partial charge is 0.330 e. The van der Waals surface area contributed by atoms with Gasteiger partial charge in [-0.2, -0.15) is 5.10 Å². The topological polar surface area (TPSA) is 43.8 Å². The first-order valence-corrected chi connectivity index (χ1v) is 5.52. The van der Waals surface area contributed by atoms with Crippen LogP contribution in [-0.2, 0) is 13.5 Å². The number of nitrogens with two attached hydrogens (primary N) is 1. The molecule has 0 amide bonds. The van der Waals surface area contributed by atoms with Crippen LogP contribution in [0.15, 0.2) is 30.3 Å². The Labute approximate surface area is 95.9 Å². The quantitative estimate of drug-likeness (QED) is 0.849. The zero-order valence-electron chi connectivity index (χ0n) is 9.77. The lowest BCUT2D eigenvalue weighted by Gasteiger charge is -2.03. The highest BCUT2D eigenvalue weighted by Crippen LogP contribution is 2.26. The second-order valence-electron chi connectivity index (χ2n) is 3.94. The van der Waals surface area contributed by atoms with E-state index < -0.39 is 0 Å². The Morgan fingerprint density at radius 2 is 1.94 bits per heavy atom. The van der Waals surface area contributed by atoms with Gasteiger partial charge < -0.3 is 5.73 Å². The van der Waals surface area contributed by atoms with Crippen molar-refractivity contribution < 1.29 is 0 Å². The second kappa shape index (κ2) is 4.49. The maximum Gasteiger partial charge on any atom is 0.0718 e. The van der Waals surface area contributed by atoms with Crippen LogP contribution in [0.5, 0.6) is 0 Å². The van der Waals surface area contributed by atoms with Gasteiger partial charge in [-0.05, 0) is 19.0 Å². The summed E-state index contributed by atoms with van der Waals surface area (Å²) in [6.07, 6.45) is 0.825. The Morgan fingerprint density at radius 1 is 1.25 bits per heavy atom. The van der Waals surface area contributed by atoms with Crippen LogP contribution in [0.1, 0.15) is 11.4 Å². The third-order valence-electron chi connectivity index (χ3n) is 2.85. The monoisotopic (exact) mass is 215 g/mol. The Balaban J connectivity index is 2.54. The van der Waals surface area contributed by atoms with Crippen LogP contribution in [0.3, 0.4) is 0 Å². The van der Waals surface area contributed by atoms with Crippen molar-refractivity contribution in [1.82, 2.24) is 9.78 Å². The second-order valence-corrected chi connectivity index (χ2v) is 3.94. The predicted octanol–water partition coefficient (Wildman–Crippen LogP) is 1.90.